The minimum atomic E-state index is -3.67. The Kier molecular flexibility index (Phi) is 10.6. The third-order valence-electron chi connectivity index (χ3n) is 6.76. The maximum absolute atomic E-state index is 13.8. The molecule has 1 N–H and O–H groups in total. The highest BCUT2D eigenvalue weighted by atomic mass is 35.5. The molecule has 0 aliphatic carbocycles. The molecule has 1 atom stereocenters. The lowest BCUT2D eigenvalue weighted by atomic mass is 10.0. The van der Waals surface area contributed by atoms with Crippen molar-refractivity contribution in [3.05, 3.63) is 87.9 Å². The highest BCUT2D eigenvalue weighted by Gasteiger charge is 2.30. The minimum Gasteiger partial charge on any atom is -0.454 e. The number of fused-ring (bicyclic) bond motifs is 1. The number of amides is 2. The second kappa shape index (κ2) is 14.1. The smallest absolute Gasteiger partial charge is 0.243 e. The van der Waals surface area contributed by atoms with Gasteiger partial charge in [-0.3, -0.25) is 13.9 Å². The number of hydrogen-bond acceptors (Lipinski definition) is 6. The fourth-order valence-electron chi connectivity index (χ4n) is 4.72. The molecule has 0 aromatic heterocycles. The zero-order valence-electron chi connectivity index (χ0n) is 23.4. The summed E-state index contributed by atoms with van der Waals surface area (Å²) in [5, 5.41) is 3.58. The summed E-state index contributed by atoms with van der Waals surface area (Å²) in [7, 11) is -3.67. The third kappa shape index (κ3) is 8.08. The molecule has 1 heterocycles. The number of anilines is 1. The van der Waals surface area contributed by atoms with E-state index in [4.69, 9.17) is 32.7 Å². The average Bonchev–Trinajstić information content (AvgIpc) is 3.43. The van der Waals surface area contributed by atoms with Gasteiger partial charge in [0.05, 0.1) is 22.0 Å². The number of likely N-dealkylation sites (N-methyl/N-ethyl adjacent to an activating group) is 1. The van der Waals surface area contributed by atoms with E-state index in [0.717, 1.165) is 11.8 Å². The summed E-state index contributed by atoms with van der Waals surface area (Å²) in [6.45, 7) is 2.45. The standard InChI is InChI=1S/C30H33Cl2N3O6S/c1-3-33-30(37)26(17-21-8-5-4-6-9-21)34(19-22-11-13-24(31)25(32)16-22)29(36)10-7-15-35(42(2,38)39)23-12-14-27-28(18-23)41-20-40-27/h4-6,8-9,11-14,16,18,26H,3,7,10,15,17,19-20H2,1-2H3,(H,33,37)/t26-/m0/s1. The second-order valence-corrected chi connectivity index (χ2v) is 12.6. The van der Waals surface area contributed by atoms with Crippen molar-refractivity contribution in [3.8, 4) is 11.5 Å². The van der Waals surface area contributed by atoms with Crippen LogP contribution >= 0.6 is 23.2 Å². The van der Waals surface area contributed by atoms with Gasteiger partial charge in [-0.2, -0.15) is 0 Å². The summed E-state index contributed by atoms with van der Waals surface area (Å²) in [6, 6.07) is 18.6. The van der Waals surface area contributed by atoms with Crippen LogP contribution in [0.15, 0.2) is 66.7 Å². The van der Waals surface area contributed by atoms with Gasteiger partial charge in [0.1, 0.15) is 6.04 Å². The summed E-state index contributed by atoms with van der Waals surface area (Å²) >= 11 is 12.4. The van der Waals surface area contributed by atoms with Gasteiger partial charge in [0, 0.05) is 38.5 Å². The van der Waals surface area contributed by atoms with Gasteiger partial charge in [0.2, 0.25) is 28.6 Å². The number of sulfonamides is 1. The van der Waals surface area contributed by atoms with Crippen LogP contribution in [-0.2, 0) is 32.6 Å². The summed E-state index contributed by atoms with van der Waals surface area (Å²) in [5.74, 6) is 0.408. The van der Waals surface area contributed by atoms with Crippen molar-refractivity contribution < 1.29 is 27.5 Å². The molecular formula is C30H33Cl2N3O6S. The van der Waals surface area contributed by atoms with Crippen LogP contribution in [0.5, 0.6) is 11.5 Å². The van der Waals surface area contributed by atoms with E-state index in [2.05, 4.69) is 5.32 Å². The van der Waals surface area contributed by atoms with Crippen molar-refractivity contribution in [2.45, 2.75) is 38.8 Å². The summed E-state index contributed by atoms with van der Waals surface area (Å²) in [4.78, 5) is 28.7. The molecule has 9 nitrogen and oxygen atoms in total. The molecule has 4 rings (SSSR count). The van der Waals surface area contributed by atoms with Gasteiger partial charge in [0.15, 0.2) is 11.5 Å². The SMILES string of the molecule is CCNC(=O)[C@H](Cc1ccccc1)N(Cc1ccc(Cl)c(Cl)c1)C(=O)CCCN(c1ccc2c(c1)OCO2)S(C)(=O)=O. The lowest BCUT2D eigenvalue weighted by Gasteiger charge is -2.32. The van der Waals surface area contributed by atoms with Gasteiger partial charge < -0.3 is 19.7 Å². The summed E-state index contributed by atoms with van der Waals surface area (Å²) < 4.78 is 37.4. The molecule has 0 radical (unpaired) electrons. The zero-order valence-corrected chi connectivity index (χ0v) is 25.7. The molecule has 1 aliphatic rings. The van der Waals surface area contributed by atoms with Gasteiger partial charge >= 0.3 is 0 Å². The predicted molar refractivity (Wildman–Crippen MR) is 164 cm³/mol. The quantitative estimate of drug-likeness (QED) is 0.283. The van der Waals surface area contributed by atoms with Crippen LogP contribution in [0, 0.1) is 0 Å². The fraction of sp³-hybridized carbons (Fsp3) is 0.333. The van der Waals surface area contributed by atoms with E-state index in [1.54, 1.807) is 36.4 Å². The molecule has 0 saturated heterocycles. The Morgan fingerprint density at radius 1 is 0.952 bits per heavy atom. The minimum absolute atomic E-state index is 0.00257. The topological polar surface area (TPSA) is 105 Å². The first kappa shape index (κ1) is 31.5. The molecule has 0 spiro atoms. The monoisotopic (exact) mass is 633 g/mol. The number of nitrogens with one attached hydrogen (secondary N) is 1. The van der Waals surface area contributed by atoms with E-state index < -0.39 is 16.1 Å². The number of carbonyl (C=O) groups excluding carboxylic acids is 2. The molecule has 1 aliphatic heterocycles. The zero-order chi connectivity index (χ0) is 30.3. The van der Waals surface area contributed by atoms with E-state index in [-0.39, 0.29) is 44.5 Å². The number of ether oxygens (including phenoxy) is 2. The van der Waals surface area contributed by atoms with Crippen molar-refractivity contribution in [3.63, 3.8) is 0 Å². The van der Waals surface area contributed by atoms with Gasteiger partial charge in [-0.25, -0.2) is 8.42 Å². The fourth-order valence-corrected chi connectivity index (χ4v) is 6.00. The van der Waals surface area contributed by atoms with Crippen LogP contribution in [0.4, 0.5) is 5.69 Å². The lowest BCUT2D eigenvalue weighted by Crippen LogP contribution is -2.50. The predicted octanol–water partition coefficient (Wildman–Crippen LogP) is 5.04. The summed E-state index contributed by atoms with van der Waals surface area (Å²) in [6.07, 6.45) is 1.63. The first-order chi connectivity index (χ1) is 20.1. The summed E-state index contributed by atoms with van der Waals surface area (Å²) in [5.41, 5.74) is 2.01. The van der Waals surface area contributed by atoms with E-state index in [9.17, 15) is 18.0 Å². The number of carbonyl (C=O) groups is 2. The Balaban J connectivity index is 1.57. The van der Waals surface area contributed by atoms with Gasteiger partial charge in [-0.1, -0.05) is 59.6 Å². The molecule has 224 valence electrons. The Hall–Kier alpha value is -3.47. The van der Waals surface area contributed by atoms with E-state index >= 15 is 0 Å². The molecule has 0 unspecified atom stereocenters. The third-order valence-corrected chi connectivity index (χ3v) is 8.69. The van der Waals surface area contributed by atoms with E-state index in [1.165, 1.54) is 9.21 Å². The van der Waals surface area contributed by atoms with Crippen LogP contribution in [0.2, 0.25) is 10.0 Å². The maximum atomic E-state index is 13.8. The van der Waals surface area contributed by atoms with Crippen molar-refractivity contribution in [2.75, 3.05) is 30.4 Å². The molecule has 0 fully saturated rings. The van der Waals surface area contributed by atoms with Crippen molar-refractivity contribution in [1.29, 1.82) is 0 Å². The molecule has 0 bridgehead atoms. The Morgan fingerprint density at radius 2 is 1.69 bits per heavy atom. The van der Waals surface area contributed by atoms with Crippen molar-refractivity contribution >= 4 is 50.7 Å². The Morgan fingerprint density at radius 3 is 2.38 bits per heavy atom. The first-order valence-corrected chi connectivity index (χ1v) is 16.1. The average molecular weight is 635 g/mol. The van der Waals surface area contributed by atoms with Crippen LogP contribution in [0.25, 0.3) is 0 Å². The molecule has 2 amide bonds. The van der Waals surface area contributed by atoms with E-state index in [0.29, 0.717) is 45.8 Å². The van der Waals surface area contributed by atoms with Gasteiger partial charge in [-0.15, -0.1) is 0 Å². The van der Waals surface area contributed by atoms with Crippen molar-refractivity contribution in [1.82, 2.24) is 10.2 Å². The molecule has 3 aromatic carbocycles. The van der Waals surface area contributed by atoms with Crippen LogP contribution < -0.4 is 19.1 Å². The van der Waals surface area contributed by atoms with Crippen molar-refractivity contribution in [2.24, 2.45) is 0 Å². The number of hydrogen-bond donors (Lipinski definition) is 1. The van der Waals surface area contributed by atoms with Gasteiger partial charge in [-0.05, 0) is 48.7 Å². The molecule has 42 heavy (non-hydrogen) atoms. The number of benzene rings is 3. The van der Waals surface area contributed by atoms with Crippen LogP contribution in [0.3, 0.4) is 0 Å². The normalized spacial score (nSPS) is 13.0. The van der Waals surface area contributed by atoms with Crippen LogP contribution in [-0.4, -0.2) is 57.3 Å². The lowest BCUT2D eigenvalue weighted by molar-refractivity contribution is -0.141. The molecule has 12 heteroatoms. The largest absolute Gasteiger partial charge is 0.454 e. The number of rotatable bonds is 13. The van der Waals surface area contributed by atoms with Crippen LogP contribution in [0.1, 0.15) is 30.9 Å². The first-order valence-electron chi connectivity index (χ1n) is 13.5. The molecule has 3 aromatic rings. The molecule has 0 saturated carbocycles. The van der Waals surface area contributed by atoms with E-state index in [1.807, 2.05) is 37.3 Å². The maximum Gasteiger partial charge on any atom is 0.243 e. The highest BCUT2D eigenvalue weighted by Crippen LogP contribution is 2.36. The number of halogens is 2. The molecular weight excluding hydrogens is 601 g/mol. The van der Waals surface area contributed by atoms with Gasteiger partial charge in [0.25, 0.3) is 0 Å². The highest BCUT2D eigenvalue weighted by molar-refractivity contribution is 7.92. The number of nitrogens with zero attached hydrogens (tertiary/aromatic N) is 2. The Labute approximate surface area is 256 Å². The second-order valence-electron chi connectivity index (χ2n) is 9.85. The Bertz CT molecular complexity index is 1520.